The highest BCUT2D eigenvalue weighted by Gasteiger charge is 2.22. The molecule has 2 rings (SSSR count). The second-order valence-corrected chi connectivity index (χ2v) is 3.58. The molecule has 15 heavy (non-hydrogen) atoms. The van der Waals surface area contributed by atoms with Gasteiger partial charge in [0.2, 0.25) is 5.95 Å². The Hall–Kier alpha value is -1.18. The average Bonchev–Trinajstić information content (AvgIpc) is 2.65. The van der Waals surface area contributed by atoms with Crippen LogP contribution in [0.5, 0.6) is 0 Å². The summed E-state index contributed by atoms with van der Waals surface area (Å²) < 4.78 is 0. The van der Waals surface area contributed by atoms with Crippen molar-refractivity contribution in [1.82, 2.24) is 9.97 Å². The Morgan fingerprint density at radius 1 is 1.33 bits per heavy atom. The molecule has 1 aromatic heterocycles. The summed E-state index contributed by atoms with van der Waals surface area (Å²) in [5.41, 5.74) is 0.262. The maximum atomic E-state index is 9.33. The largest absolute Gasteiger partial charge is 0.491 e. The van der Waals surface area contributed by atoms with E-state index >= 15 is 0 Å². The van der Waals surface area contributed by atoms with Crippen LogP contribution in [0.25, 0.3) is 0 Å². The molecule has 0 amide bonds. The van der Waals surface area contributed by atoms with E-state index in [1.807, 2.05) is 4.90 Å². The predicted molar refractivity (Wildman–Crippen MR) is 54.7 cm³/mol. The first-order valence-corrected chi connectivity index (χ1v) is 4.78. The number of hydrogen-bond acceptors (Lipinski definition) is 6. The van der Waals surface area contributed by atoms with Crippen LogP contribution in [-0.2, 0) is 0 Å². The monoisotopic (exact) mass is 209 g/mol. The van der Waals surface area contributed by atoms with Crippen LogP contribution in [0.4, 0.5) is 5.95 Å². The summed E-state index contributed by atoms with van der Waals surface area (Å²) in [6, 6.07) is 0. The lowest BCUT2D eigenvalue weighted by atomic mass is 9.83. The van der Waals surface area contributed by atoms with Crippen LogP contribution < -0.4 is 10.4 Å². The van der Waals surface area contributed by atoms with Crippen LogP contribution in [0.3, 0.4) is 0 Å². The lowest BCUT2D eigenvalue weighted by molar-refractivity contribution is 0.198. The highest BCUT2D eigenvalue weighted by atomic mass is 16.4. The Morgan fingerprint density at radius 3 is 2.47 bits per heavy atom. The molecule has 2 heterocycles. The van der Waals surface area contributed by atoms with Gasteiger partial charge in [0.05, 0.1) is 6.10 Å². The van der Waals surface area contributed by atoms with Gasteiger partial charge in [-0.15, -0.1) is 0 Å². The molecule has 0 aliphatic carbocycles. The first-order valence-electron chi connectivity index (χ1n) is 4.78. The van der Waals surface area contributed by atoms with Gasteiger partial charge in [0.15, 0.2) is 0 Å². The zero-order valence-electron chi connectivity index (χ0n) is 8.11. The average molecular weight is 209 g/mol. The molecule has 1 atom stereocenters. The number of β-amino-alcohol motifs (C(OH)–C–C–N with tert-alkyl or cyclic N) is 1. The fourth-order valence-electron chi connectivity index (χ4n) is 1.55. The minimum Gasteiger partial charge on any atom is -0.423 e. The lowest BCUT2D eigenvalue weighted by Gasteiger charge is -2.14. The summed E-state index contributed by atoms with van der Waals surface area (Å²) in [4.78, 5) is 9.86. The molecule has 0 spiro atoms. The van der Waals surface area contributed by atoms with Gasteiger partial charge in [-0.25, -0.2) is 9.97 Å². The number of aliphatic hydroxyl groups excluding tert-OH is 1. The second-order valence-electron chi connectivity index (χ2n) is 3.58. The third-order valence-electron chi connectivity index (χ3n) is 2.40. The summed E-state index contributed by atoms with van der Waals surface area (Å²) >= 11 is 0. The van der Waals surface area contributed by atoms with Gasteiger partial charge in [-0.1, -0.05) is 0 Å². The van der Waals surface area contributed by atoms with E-state index < -0.39 is 7.12 Å². The zero-order valence-corrected chi connectivity index (χ0v) is 8.11. The Labute approximate surface area is 87.4 Å². The maximum absolute atomic E-state index is 9.33. The molecule has 0 radical (unpaired) electrons. The number of aliphatic hydroxyl groups is 1. The summed E-state index contributed by atoms with van der Waals surface area (Å²) in [6.45, 7) is 1.25. The standard InChI is InChI=1S/C8H12BN3O3/c13-7-1-2-12(5-7)8-10-3-6(4-11-8)9(14)15/h3-4,7,13-15H,1-2,5H2/t7-/m0/s1. The van der Waals surface area contributed by atoms with Crippen LogP contribution in [0.15, 0.2) is 12.4 Å². The van der Waals surface area contributed by atoms with E-state index in [4.69, 9.17) is 10.0 Å². The molecule has 80 valence electrons. The SMILES string of the molecule is OB(O)c1cnc(N2CC[C@H](O)C2)nc1. The van der Waals surface area contributed by atoms with Crippen molar-refractivity contribution in [2.24, 2.45) is 0 Å². The van der Waals surface area contributed by atoms with E-state index in [1.165, 1.54) is 12.4 Å². The van der Waals surface area contributed by atoms with Crippen molar-refractivity contribution in [3.8, 4) is 0 Å². The maximum Gasteiger partial charge on any atom is 0.491 e. The van der Waals surface area contributed by atoms with Crippen molar-refractivity contribution < 1.29 is 15.2 Å². The summed E-state index contributed by atoms with van der Waals surface area (Å²) in [5, 5.41) is 27.0. The number of hydrogen-bond donors (Lipinski definition) is 3. The number of rotatable bonds is 2. The van der Waals surface area contributed by atoms with E-state index in [2.05, 4.69) is 9.97 Å². The Kier molecular flexibility index (Phi) is 2.85. The molecule has 0 saturated carbocycles. The molecule has 0 aromatic carbocycles. The molecular weight excluding hydrogens is 197 g/mol. The van der Waals surface area contributed by atoms with Gasteiger partial charge >= 0.3 is 7.12 Å². The van der Waals surface area contributed by atoms with Crippen molar-refractivity contribution in [2.75, 3.05) is 18.0 Å². The first kappa shape index (κ1) is 10.3. The van der Waals surface area contributed by atoms with Gasteiger partial charge < -0.3 is 20.1 Å². The summed E-state index contributed by atoms with van der Waals surface area (Å²) in [6.07, 6.45) is 3.14. The number of anilines is 1. The zero-order chi connectivity index (χ0) is 10.8. The molecule has 0 unspecified atom stereocenters. The number of aromatic nitrogens is 2. The van der Waals surface area contributed by atoms with Crippen molar-refractivity contribution in [1.29, 1.82) is 0 Å². The van der Waals surface area contributed by atoms with Crippen LogP contribution in [-0.4, -0.2) is 51.4 Å². The molecule has 0 bridgehead atoms. The van der Waals surface area contributed by atoms with Crippen LogP contribution in [0.1, 0.15) is 6.42 Å². The fraction of sp³-hybridized carbons (Fsp3) is 0.500. The predicted octanol–water partition coefficient (Wildman–Crippen LogP) is -2.27. The fourth-order valence-corrected chi connectivity index (χ4v) is 1.55. The molecule has 3 N–H and O–H groups in total. The summed E-state index contributed by atoms with van der Waals surface area (Å²) in [5.74, 6) is 0.510. The third kappa shape index (κ3) is 2.25. The second kappa shape index (κ2) is 4.14. The van der Waals surface area contributed by atoms with Gasteiger partial charge in [0.25, 0.3) is 0 Å². The molecule has 1 saturated heterocycles. The molecular formula is C8H12BN3O3. The van der Waals surface area contributed by atoms with Gasteiger partial charge in [-0.2, -0.15) is 0 Å². The third-order valence-corrected chi connectivity index (χ3v) is 2.40. The molecule has 1 aliphatic rings. The molecule has 7 heteroatoms. The normalized spacial score (nSPS) is 20.7. The van der Waals surface area contributed by atoms with Gasteiger partial charge in [-0.3, -0.25) is 0 Å². The van der Waals surface area contributed by atoms with Crippen molar-refractivity contribution in [2.45, 2.75) is 12.5 Å². The molecule has 6 nitrogen and oxygen atoms in total. The van der Waals surface area contributed by atoms with Crippen LogP contribution in [0.2, 0.25) is 0 Å². The molecule has 1 fully saturated rings. The van der Waals surface area contributed by atoms with E-state index in [9.17, 15) is 5.11 Å². The Bertz CT molecular complexity index is 332. The van der Waals surface area contributed by atoms with Gasteiger partial charge in [0, 0.05) is 30.9 Å². The van der Waals surface area contributed by atoms with Crippen LogP contribution in [0, 0.1) is 0 Å². The molecule has 1 aromatic rings. The van der Waals surface area contributed by atoms with E-state index in [0.29, 0.717) is 18.9 Å². The topological polar surface area (TPSA) is 89.7 Å². The molecule has 1 aliphatic heterocycles. The van der Waals surface area contributed by atoms with Crippen molar-refractivity contribution in [3.05, 3.63) is 12.4 Å². The van der Waals surface area contributed by atoms with Gasteiger partial charge in [0.1, 0.15) is 0 Å². The van der Waals surface area contributed by atoms with E-state index in [1.54, 1.807) is 0 Å². The van der Waals surface area contributed by atoms with Gasteiger partial charge in [-0.05, 0) is 6.42 Å². The van der Waals surface area contributed by atoms with Crippen molar-refractivity contribution >= 4 is 18.5 Å². The van der Waals surface area contributed by atoms with E-state index in [-0.39, 0.29) is 11.6 Å². The smallest absolute Gasteiger partial charge is 0.423 e. The first-order chi connectivity index (χ1) is 7.16. The number of nitrogens with zero attached hydrogens (tertiary/aromatic N) is 3. The Morgan fingerprint density at radius 2 is 2.00 bits per heavy atom. The highest BCUT2D eigenvalue weighted by molar-refractivity contribution is 6.58. The lowest BCUT2D eigenvalue weighted by Crippen LogP contribution is -2.32. The minimum atomic E-state index is -1.54. The quantitative estimate of drug-likeness (QED) is 0.476. The summed E-state index contributed by atoms with van der Waals surface area (Å²) in [7, 11) is -1.54. The van der Waals surface area contributed by atoms with Crippen LogP contribution >= 0.6 is 0 Å². The van der Waals surface area contributed by atoms with Crippen molar-refractivity contribution in [3.63, 3.8) is 0 Å². The van der Waals surface area contributed by atoms with E-state index in [0.717, 1.165) is 6.54 Å². The Balaban J connectivity index is 2.10. The minimum absolute atomic E-state index is 0.262. The highest BCUT2D eigenvalue weighted by Crippen LogP contribution is 2.14.